The lowest BCUT2D eigenvalue weighted by Gasteiger charge is -2.12. The van der Waals surface area contributed by atoms with Crippen molar-refractivity contribution >= 4 is 5.95 Å². The number of aromatic nitrogens is 2. The fraction of sp³-hybridized carbons (Fsp3) is 0.812. The number of nitrogens with one attached hydrogen (secondary N) is 1. The molecule has 0 aliphatic carbocycles. The van der Waals surface area contributed by atoms with Crippen molar-refractivity contribution < 1.29 is 0 Å². The van der Waals surface area contributed by atoms with Gasteiger partial charge in [0.15, 0.2) is 0 Å². The van der Waals surface area contributed by atoms with Crippen molar-refractivity contribution in [2.24, 2.45) is 0 Å². The highest BCUT2D eigenvalue weighted by molar-refractivity contribution is 5.26. The predicted molar refractivity (Wildman–Crippen MR) is 83.6 cm³/mol. The van der Waals surface area contributed by atoms with Gasteiger partial charge in [-0.15, -0.1) is 0 Å². The second-order valence-corrected chi connectivity index (χ2v) is 5.72. The summed E-state index contributed by atoms with van der Waals surface area (Å²) in [6.45, 7) is 7.66. The fourth-order valence-electron chi connectivity index (χ4n) is 2.30. The summed E-state index contributed by atoms with van der Waals surface area (Å²) in [5.74, 6) is 1.01. The van der Waals surface area contributed by atoms with E-state index in [1.807, 2.05) is 6.20 Å². The van der Waals surface area contributed by atoms with Crippen LogP contribution in [0.15, 0.2) is 12.4 Å². The number of rotatable bonds is 11. The van der Waals surface area contributed by atoms with Gasteiger partial charge in [-0.2, -0.15) is 0 Å². The van der Waals surface area contributed by atoms with E-state index < -0.39 is 0 Å². The average molecular weight is 265 g/mol. The molecule has 0 saturated carbocycles. The average Bonchev–Trinajstić information content (AvgIpc) is 2.79. The molecule has 0 fully saturated rings. The van der Waals surface area contributed by atoms with Crippen molar-refractivity contribution in [2.75, 3.05) is 5.32 Å². The van der Waals surface area contributed by atoms with Crippen LogP contribution in [0.3, 0.4) is 0 Å². The minimum atomic E-state index is 0.444. The van der Waals surface area contributed by atoms with Crippen LogP contribution >= 0.6 is 0 Å². The molecule has 0 bridgehead atoms. The van der Waals surface area contributed by atoms with Crippen molar-refractivity contribution in [1.82, 2.24) is 9.55 Å². The van der Waals surface area contributed by atoms with Crippen LogP contribution < -0.4 is 5.32 Å². The molecule has 19 heavy (non-hydrogen) atoms. The molecular weight excluding hydrogens is 234 g/mol. The lowest BCUT2D eigenvalue weighted by molar-refractivity contribution is 0.544. The molecular formula is C16H31N3. The molecule has 3 nitrogen and oxygen atoms in total. The van der Waals surface area contributed by atoms with Crippen molar-refractivity contribution in [3.05, 3.63) is 12.4 Å². The maximum atomic E-state index is 4.36. The molecule has 0 radical (unpaired) electrons. The van der Waals surface area contributed by atoms with Crippen LogP contribution in [0.5, 0.6) is 0 Å². The van der Waals surface area contributed by atoms with E-state index in [1.165, 1.54) is 51.4 Å². The first-order valence-electron chi connectivity index (χ1n) is 8.01. The maximum Gasteiger partial charge on any atom is 0.202 e. The van der Waals surface area contributed by atoms with E-state index in [0.29, 0.717) is 6.04 Å². The quantitative estimate of drug-likeness (QED) is 0.580. The van der Waals surface area contributed by atoms with Gasteiger partial charge in [0, 0.05) is 25.0 Å². The summed E-state index contributed by atoms with van der Waals surface area (Å²) >= 11 is 0. The van der Waals surface area contributed by atoms with E-state index >= 15 is 0 Å². The summed E-state index contributed by atoms with van der Waals surface area (Å²) in [5, 5.41) is 3.38. The standard InChI is InChI=1S/C16H31N3/c1-4-5-6-7-8-9-10-11-13-19-14-12-17-16(19)18-15(2)3/h12,14-15H,4-11,13H2,1-3H3,(H,17,18). The van der Waals surface area contributed by atoms with Gasteiger partial charge in [-0.1, -0.05) is 51.9 Å². The summed E-state index contributed by atoms with van der Waals surface area (Å²) in [4.78, 5) is 4.36. The summed E-state index contributed by atoms with van der Waals surface area (Å²) in [6.07, 6.45) is 14.9. The van der Waals surface area contributed by atoms with Gasteiger partial charge in [-0.3, -0.25) is 0 Å². The van der Waals surface area contributed by atoms with E-state index in [4.69, 9.17) is 0 Å². The highest BCUT2D eigenvalue weighted by atomic mass is 15.2. The van der Waals surface area contributed by atoms with Crippen LogP contribution in [0, 0.1) is 0 Å². The van der Waals surface area contributed by atoms with E-state index in [2.05, 4.69) is 41.8 Å². The Morgan fingerprint density at radius 2 is 1.68 bits per heavy atom. The fourth-order valence-corrected chi connectivity index (χ4v) is 2.30. The van der Waals surface area contributed by atoms with Crippen LogP contribution in [0.1, 0.15) is 72.1 Å². The van der Waals surface area contributed by atoms with Gasteiger partial charge >= 0.3 is 0 Å². The first kappa shape index (κ1) is 16.1. The predicted octanol–water partition coefficient (Wildman–Crippen LogP) is 4.84. The number of aryl methyl sites for hydroxylation is 1. The first-order valence-corrected chi connectivity index (χ1v) is 8.01. The molecule has 0 saturated heterocycles. The van der Waals surface area contributed by atoms with Crippen LogP contribution in [0.2, 0.25) is 0 Å². The molecule has 1 N–H and O–H groups in total. The molecule has 3 heteroatoms. The summed E-state index contributed by atoms with van der Waals surface area (Å²) in [7, 11) is 0. The molecule has 1 heterocycles. The lowest BCUT2D eigenvalue weighted by Crippen LogP contribution is -2.14. The number of nitrogens with zero attached hydrogens (tertiary/aromatic N) is 2. The highest BCUT2D eigenvalue weighted by Gasteiger charge is 2.03. The highest BCUT2D eigenvalue weighted by Crippen LogP contribution is 2.11. The third-order valence-corrected chi connectivity index (χ3v) is 3.39. The third kappa shape index (κ3) is 7.24. The molecule has 1 aromatic rings. The van der Waals surface area contributed by atoms with E-state index in [1.54, 1.807) is 0 Å². The molecule has 0 aromatic carbocycles. The van der Waals surface area contributed by atoms with Crippen LogP contribution in [-0.4, -0.2) is 15.6 Å². The normalized spacial score (nSPS) is 11.2. The van der Waals surface area contributed by atoms with Gasteiger partial charge < -0.3 is 9.88 Å². The monoisotopic (exact) mass is 265 g/mol. The van der Waals surface area contributed by atoms with Crippen molar-refractivity contribution in [1.29, 1.82) is 0 Å². The van der Waals surface area contributed by atoms with E-state index in [9.17, 15) is 0 Å². The number of imidazole rings is 1. The topological polar surface area (TPSA) is 29.9 Å². The summed E-state index contributed by atoms with van der Waals surface area (Å²) in [6, 6.07) is 0.444. The molecule has 110 valence electrons. The van der Waals surface area contributed by atoms with E-state index in [-0.39, 0.29) is 0 Å². The largest absolute Gasteiger partial charge is 0.353 e. The molecule has 0 aliphatic heterocycles. The lowest BCUT2D eigenvalue weighted by atomic mass is 10.1. The van der Waals surface area contributed by atoms with E-state index in [0.717, 1.165) is 12.5 Å². The Morgan fingerprint density at radius 3 is 2.32 bits per heavy atom. The second kappa shape index (κ2) is 9.88. The first-order chi connectivity index (χ1) is 9.24. The number of hydrogen-bond acceptors (Lipinski definition) is 2. The zero-order chi connectivity index (χ0) is 13.9. The molecule has 0 atom stereocenters. The molecule has 1 aromatic heterocycles. The van der Waals surface area contributed by atoms with Crippen LogP contribution in [0.4, 0.5) is 5.95 Å². The van der Waals surface area contributed by atoms with Gasteiger partial charge in [0.1, 0.15) is 0 Å². The Morgan fingerprint density at radius 1 is 1.05 bits per heavy atom. The van der Waals surface area contributed by atoms with Gasteiger partial charge in [-0.05, 0) is 20.3 Å². The minimum absolute atomic E-state index is 0.444. The zero-order valence-electron chi connectivity index (χ0n) is 13.0. The van der Waals surface area contributed by atoms with Gasteiger partial charge in [-0.25, -0.2) is 4.98 Å². The SMILES string of the molecule is CCCCCCCCCCn1ccnc1NC(C)C. The Bertz CT molecular complexity index is 318. The van der Waals surface area contributed by atoms with Crippen molar-refractivity contribution in [3.63, 3.8) is 0 Å². The van der Waals surface area contributed by atoms with Gasteiger partial charge in [0.25, 0.3) is 0 Å². The number of unbranched alkanes of at least 4 members (excludes halogenated alkanes) is 7. The summed E-state index contributed by atoms with van der Waals surface area (Å²) in [5.41, 5.74) is 0. The second-order valence-electron chi connectivity index (χ2n) is 5.72. The third-order valence-electron chi connectivity index (χ3n) is 3.39. The minimum Gasteiger partial charge on any atom is -0.353 e. The maximum absolute atomic E-state index is 4.36. The molecule has 1 rings (SSSR count). The summed E-state index contributed by atoms with van der Waals surface area (Å²) < 4.78 is 2.23. The van der Waals surface area contributed by atoms with Gasteiger partial charge in [0.2, 0.25) is 5.95 Å². The Labute approximate surface area is 118 Å². The number of anilines is 1. The smallest absolute Gasteiger partial charge is 0.202 e. The zero-order valence-corrected chi connectivity index (χ0v) is 13.0. The van der Waals surface area contributed by atoms with Crippen molar-refractivity contribution in [2.45, 2.75) is 84.7 Å². The van der Waals surface area contributed by atoms with Crippen molar-refractivity contribution in [3.8, 4) is 0 Å². The Hall–Kier alpha value is -0.990. The molecule has 0 unspecified atom stereocenters. The molecule has 0 amide bonds. The Kier molecular flexibility index (Phi) is 8.35. The van der Waals surface area contributed by atoms with Crippen LogP contribution in [0.25, 0.3) is 0 Å². The number of hydrogen-bond donors (Lipinski definition) is 1. The Balaban J connectivity index is 2.07. The van der Waals surface area contributed by atoms with Crippen LogP contribution in [-0.2, 0) is 6.54 Å². The molecule has 0 aliphatic rings. The van der Waals surface area contributed by atoms with Gasteiger partial charge in [0.05, 0.1) is 0 Å². The molecule has 0 spiro atoms.